The number of nitrogens with two attached hydrogens (primary N) is 2. The third-order valence-corrected chi connectivity index (χ3v) is 5.09. The van der Waals surface area contributed by atoms with E-state index in [1.54, 1.807) is 36.4 Å². The van der Waals surface area contributed by atoms with Crippen molar-refractivity contribution >= 4 is 46.9 Å². The maximum absolute atomic E-state index is 11.1. The van der Waals surface area contributed by atoms with Gasteiger partial charge in [-0.25, -0.2) is 0 Å². The Morgan fingerprint density at radius 3 is 2.14 bits per heavy atom. The molecule has 12 nitrogen and oxygen atoms in total. The van der Waals surface area contributed by atoms with E-state index in [1.165, 1.54) is 20.3 Å². The Kier molecular flexibility index (Phi) is 9.13. The fraction of sp³-hybridized carbons (Fsp3) is 0.0952. The molecule has 0 amide bonds. The van der Waals surface area contributed by atoms with E-state index in [0.29, 0.717) is 29.5 Å². The van der Waals surface area contributed by atoms with Gasteiger partial charge in [-0.15, -0.1) is 9.32 Å². The number of aromatic nitrogens is 2. The minimum atomic E-state index is -4.16. The van der Waals surface area contributed by atoms with Gasteiger partial charge in [-0.1, -0.05) is 24.3 Å². The summed E-state index contributed by atoms with van der Waals surface area (Å²) in [6, 6.07) is 11.9. The summed E-state index contributed by atoms with van der Waals surface area (Å²) in [5.74, 6) is 5.90. The molecule has 5 N–H and O–H groups in total. The van der Waals surface area contributed by atoms with Crippen molar-refractivity contribution in [1.82, 2.24) is 10.2 Å². The molecule has 1 aromatic heterocycles. The summed E-state index contributed by atoms with van der Waals surface area (Å²) in [6.07, 6.45) is 7.29. The van der Waals surface area contributed by atoms with Crippen LogP contribution in [0.2, 0.25) is 0 Å². The standard InChI is InChI=1S/C21H22N4O8S2/c1-28-20-11-14(5-9-18(20)30-34-33-32-22)3-7-16-13-17(25-24-16)8-4-15-6-10-19(21(12-15)29-2)31-35(23,26)27/h3-13H,22H2,1-2H3,(H,24,25)(H2,23,26,27). The van der Waals surface area contributed by atoms with Crippen molar-refractivity contribution in [2.24, 2.45) is 11.0 Å². The van der Waals surface area contributed by atoms with Gasteiger partial charge in [0.1, 0.15) is 0 Å². The fourth-order valence-electron chi connectivity index (χ4n) is 2.80. The van der Waals surface area contributed by atoms with Crippen LogP contribution in [0.5, 0.6) is 23.0 Å². The second-order valence-corrected chi connectivity index (χ2v) is 8.22. The zero-order chi connectivity index (χ0) is 25.3. The predicted octanol–water partition coefficient (Wildman–Crippen LogP) is 3.11. The Hall–Kier alpha value is -3.53. The molecule has 0 saturated heterocycles. The van der Waals surface area contributed by atoms with Gasteiger partial charge < -0.3 is 17.8 Å². The molecule has 0 unspecified atom stereocenters. The highest BCUT2D eigenvalue weighted by Gasteiger charge is 2.11. The Morgan fingerprint density at radius 2 is 1.51 bits per heavy atom. The molecule has 0 aliphatic heterocycles. The molecule has 0 bridgehead atoms. The van der Waals surface area contributed by atoms with E-state index in [0.717, 1.165) is 16.8 Å². The van der Waals surface area contributed by atoms with E-state index in [9.17, 15) is 8.42 Å². The normalized spacial score (nSPS) is 11.8. The van der Waals surface area contributed by atoms with Crippen LogP contribution in [0, 0.1) is 0 Å². The molecule has 35 heavy (non-hydrogen) atoms. The monoisotopic (exact) mass is 522 g/mol. The van der Waals surface area contributed by atoms with Crippen LogP contribution in [0.25, 0.3) is 24.3 Å². The van der Waals surface area contributed by atoms with Gasteiger partial charge in [0.25, 0.3) is 12.3 Å². The number of aromatic amines is 1. The number of hydrogen-bond donors (Lipinski definition) is 3. The van der Waals surface area contributed by atoms with Gasteiger partial charge in [0.2, 0.25) is 0 Å². The van der Waals surface area contributed by atoms with Gasteiger partial charge in [0.05, 0.1) is 25.6 Å². The molecule has 3 rings (SSSR count). The lowest BCUT2D eigenvalue weighted by Crippen LogP contribution is -2.19. The van der Waals surface area contributed by atoms with E-state index in [1.807, 2.05) is 24.3 Å². The second kappa shape index (κ2) is 12.3. The van der Waals surface area contributed by atoms with Crippen molar-refractivity contribution in [2.45, 2.75) is 0 Å². The SMILES string of the molecule is COc1cc(C=Cc2cc(C=Cc3ccc(OS(N)(=O)=O)c(OC)c3)n[nH]2)ccc1OSOON. The summed E-state index contributed by atoms with van der Waals surface area (Å²) in [6.45, 7) is 0. The number of methoxy groups -OCH3 is 2. The fourth-order valence-corrected chi connectivity index (χ4v) is 3.46. The minimum Gasteiger partial charge on any atom is -0.493 e. The van der Waals surface area contributed by atoms with Crippen molar-refractivity contribution < 1.29 is 35.6 Å². The first-order valence-electron chi connectivity index (χ1n) is 9.68. The lowest BCUT2D eigenvalue weighted by atomic mass is 10.1. The molecule has 2 aromatic carbocycles. The molecule has 0 aliphatic rings. The second-order valence-electron chi connectivity index (χ2n) is 6.63. The summed E-state index contributed by atoms with van der Waals surface area (Å²) < 4.78 is 47.1. The molecule has 0 radical (unpaired) electrons. The van der Waals surface area contributed by atoms with Crippen LogP contribution in [-0.4, -0.2) is 32.8 Å². The maximum atomic E-state index is 11.1. The largest absolute Gasteiger partial charge is 0.493 e. The van der Waals surface area contributed by atoms with Crippen LogP contribution >= 0.6 is 12.3 Å². The van der Waals surface area contributed by atoms with Crippen LogP contribution in [0.3, 0.4) is 0 Å². The summed E-state index contributed by atoms with van der Waals surface area (Å²) in [7, 11) is -1.25. The molecule has 1 heterocycles. The number of nitrogens with one attached hydrogen (secondary N) is 1. The van der Waals surface area contributed by atoms with E-state index < -0.39 is 10.3 Å². The summed E-state index contributed by atoms with van der Waals surface area (Å²) in [5, 5.41) is 12.1. The lowest BCUT2D eigenvalue weighted by molar-refractivity contribution is -0.199. The highest BCUT2D eigenvalue weighted by atomic mass is 32.2. The molecule has 0 fully saturated rings. The maximum Gasteiger partial charge on any atom is 0.380 e. The van der Waals surface area contributed by atoms with Crippen LogP contribution in [0.4, 0.5) is 0 Å². The summed E-state index contributed by atoms with van der Waals surface area (Å²) >= 11 is 0.555. The Labute approximate surface area is 206 Å². The zero-order valence-corrected chi connectivity index (χ0v) is 20.2. The topological polar surface area (TPSA) is 170 Å². The zero-order valence-electron chi connectivity index (χ0n) is 18.5. The quantitative estimate of drug-likeness (QED) is 0.138. The highest BCUT2D eigenvalue weighted by Crippen LogP contribution is 2.32. The van der Waals surface area contributed by atoms with E-state index in [2.05, 4.69) is 19.5 Å². The van der Waals surface area contributed by atoms with Gasteiger partial charge in [0.15, 0.2) is 23.0 Å². The van der Waals surface area contributed by atoms with Crippen molar-refractivity contribution in [2.75, 3.05) is 14.2 Å². The van der Waals surface area contributed by atoms with Crippen LogP contribution in [0.1, 0.15) is 22.5 Å². The van der Waals surface area contributed by atoms with E-state index in [4.69, 9.17) is 28.9 Å². The van der Waals surface area contributed by atoms with Crippen molar-refractivity contribution in [1.29, 1.82) is 0 Å². The molecule has 186 valence electrons. The number of hydrogen-bond acceptors (Lipinski definition) is 11. The average Bonchev–Trinajstić information content (AvgIpc) is 3.29. The third-order valence-electron chi connectivity index (χ3n) is 4.29. The smallest absolute Gasteiger partial charge is 0.380 e. The van der Waals surface area contributed by atoms with Crippen molar-refractivity contribution in [3.8, 4) is 23.0 Å². The highest BCUT2D eigenvalue weighted by molar-refractivity contribution is 7.90. The van der Waals surface area contributed by atoms with Crippen LogP contribution in [-0.2, 0) is 19.6 Å². The molecule has 0 saturated carbocycles. The van der Waals surface area contributed by atoms with Crippen LogP contribution in [0.15, 0.2) is 42.5 Å². The minimum absolute atomic E-state index is 0.00719. The lowest BCUT2D eigenvalue weighted by Gasteiger charge is -2.08. The Morgan fingerprint density at radius 1 is 0.886 bits per heavy atom. The Bertz CT molecular complexity index is 1310. The first-order valence-corrected chi connectivity index (χ1v) is 11.8. The van der Waals surface area contributed by atoms with Crippen LogP contribution < -0.4 is 28.9 Å². The molecular weight excluding hydrogens is 500 g/mol. The first kappa shape index (κ1) is 26.1. The van der Waals surface area contributed by atoms with Crippen molar-refractivity contribution in [3.05, 3.63) is 65.0 Å². The number of benzene rings is 2. The van der Waals surface area contributed by atoms with E-state index in [-0.39, 0.29) is 11.5 Å². The van der Waals surface area contributed by atoms with Gasteiger partial charge in [-0.05, 0) is 53.6 Å². The molecule has 0 atom stereocenters. The molecule has 3 aromatic rings. The van der Waals surface area contributed by atoms with Gasteiger partial charge in [0, 0.05) is 0 Å². The van der Waals surface area contributed by atoms with Gasteiger partial charge >= 0.3 is 10.3 Å². The number of nitrogens with zero attached hydrogens (tertiary/aromatic N) is 1. The summed E-state index contributed by atoms with van der Waals surface area (Å²) in [5.41, 5.74) is 3.03. The summed E-state index contributed by atoms with van der Waals surface area (Å²) in [4.78, 5) is 3.96. The van der Waals surface area contributed by atoms with Gasteiger partial charge in [-0.3, -0.25) is 5.10 Å². The number of H-pyrrole nitrogens is 1. The van der Waals surface area contributed by atoms with E-state index >= 15 is 0 Å². The number of ether oxygens (including phenoxy) is 2. The first-order chi connectivity index (χ1) is 16.8. The average molecular weight is 523 g/mol. The number of rotatable bonds is 12. The third kappa shape index (κ3) is 8.03. The van der Waals surface area contributed by atoms with Crippen molar-refractivity contribution in [3.63, 3.8) is 0 Å². The Balaban J connectivity index is 1.67. The molecule has 0 aliphatic carbocycles. The molecular formula is C21H22N4O8S2. The van der Waals surface area contributed by atoms with Gasteiger partial charge in [-0.2, -0.15) is 24.6 Å². The predicted molar refractivity (Wildman–Crippen MR) is 131 cm³/mol. The molecule has 0 spiro atoms. The molecule has 14 heteroatoms.